The molecule has 0 saturated heterocycles. The maximum Gasteiger partial charge on any atom is 0.306 e. The molecule has 0 fully saturated rings. The predicted molar refractivity (Wildman–Crippen MR) is 316 cm³/mol. The number of carbonyl (C=O) groups excluding carboxylic acids is 3. The highest BCUT2D eigenvalue weighted by molar-refractivity contribution is 5.71. The van der Waals surface area contributed by atoms with Crippen LogP contribution in [0, 0.1) is 0 Å². The molecule has 0 rings (SSSR count). The molecule has 6 heteroatoms. The van der Waals surface area contributed by atoms with Crippen LogP contribution in [0.4, 0.5) is 0 Å². The van der Waals surface area contributed by atoms with E-state index in [1.807, 2.05) is 6.08 Å². The molecule has 0 aromatic heterocycles. The van der Waals surface area contributed by atoms with Crippen molar-refractivity contribution in [3.05, 3.63) is 109 Å². The third-order valence-corrected chi connectivity index (χ3v) is 12.8. The smallest absolute Gasteiger partial charge is 0.306 e. The van der Waals surface area contributed by atoms with E-state index in [0.29, 0.717) is 19.3 Å². The first kappa shape index (κ1) is 69.1. The van der Waals surface area contributed by atoms with E-state index >= 15 is 0 Å². The average molecular weight is 1010 g/mol. The highest BCUT2D eigenvalue weighted by Gasteiger charge is 2.19. The molecule has 73 heavy (non-hydrogen) atoms. The first-order chi connectivity index (χ1) is 36.0. The van der Waals surface area contributed by atoms with Crippen LogP contribution < -0.4 is 0 Å². The molecule has 0 radical (unpaired) electrons. The maximum atomic E-state index is 12.9. The Bertz CT molecular complexity index is 1490. The Morgan fingerprint density at radius 3 is 0.918 bits per heavy atom. The minimum absolute atomic E-state index is 0.105. The summed E-state index contributed by atoms with van der Waals surface area (Å²) in [7, 11) is 0. The van der Waals surface area contributed by atoms with Crippen LogP contribution >= 0.6 is 0 Å². The van der Waals surface area contributed by atoms with Gasteiger partial charge >= 0.3 is 17.9 Å². The monoisotopic (exact) mass is 1010 g/mol. The van der Waals surface area contributed by atoms with Crippen LogP contribution in [-0.4, -0.2) is 37.2 Å². The van der Waals surface area contributed by atoms with Crippen LogP contribution in [0.15, 0.2) is 109 Å². The lowest BCUT2D eigenvalue weighted by Crippen LogP contribution is -2.30. The van der Waals surface area contributed by atoms with E-state index in [2.05, 4.69) is 124 Å². The van der Waals surface area contributed by atoms with Gasteiger partial charge in [-0.2, -0.15) is 0 Å². The van der Waals surface area contributed by atoms with Gasteiger partial charge in [0.25, 0.3) is 0 Å². The van der Waals surface area contributed by atoms with Crippen molar-refractivity contribution in [2.45, 2.75) is 284 Å². The molecule has 1 atom stereocenters. The molecule has 416 valence electrons. The van der Waals surface area contributed by atoms with Crippen LogP contribution in [0.3, 0.4) is 0 Å². The summed E-state index contributed by atoms with van der Waals surface area (Å²) in [6.07, 6.45) is 82.5. The molecule has 0 aliphatic rings. The summed E-state index contributed by atoms with van der Waals surface area (Å²) in [5.41, 5.74) is 0. The van der Waals surface area contributed by atoms with E-state index in [9.17, 15) is 14.4 Å². The van der Waals surface area contributed by atoms with Crippen molar-refractivity contribution in [2.24, 2.45) is 0 Å². The van der Waals surface area contributed by atoms with Crippen molar-refractivity contribution in [3.8, 4) is 0 Å². The Morgan fingerprint density at radius 1 is 0.288 bits per heavy atom. The van der Waals surface area contributed by atoms with Crippen molar-refractivity contribution < 1.29 is 28.6 Å². The molecule has 0 aliphatic heterocycles. The topological polar surface area (TPSA) is 78.9 Å². The number of hydrogen-bond acceptors (Lipinski definition) is 6. The number of unbranched alkanes of at least 4 members (excludes halogenated alkanes) is 25. The van der Waals surface area contributed by atoms with Crippen LogP contribution in [0.2, 0.25) is 0 Å². The van der Waals surface area contributed by atoms with Gasteiger partial charge < -0.3 is 14.2 Å². The molecule has 0 bridgehead atoms. The third kappa shape index (κ3) is 58.8. The van der Waals surface area contributed by atoms with Gasteiger partial charge in [-0.1, -0.05) is 259 Å². The SMILES string of the molecule is CC/C=C\C/C=C\C/C=C\C/C=C\CCC(=O)OCC(COC(=O)CCCCCCCCCCCCCCC/C=C\C/C=C\CCCCCCC)OC(=O)CCCCCCCCC/C=C\C/C=C\C/C=C\CC. The van der Waals surface area contributed by atoms with E-state index in [1.165, 1.54) is 135 Å². The summed E-state index contributed by atoms with van der Waals surface area (Å²) in [5.74, 6) is -0.998. The fourth-order valence-electron chi connectivity index (χ4n) is 8.27. The fraction of sp³-hybridized carbons (Fsp3) is 0.687. The van der Waals surface area contributed by atoms with Gasteiger partial charge in [0.1, 0.15) is 13.2 Å². The lowest BCUT2D eigenvalue weighted by atomic mass is 10.0. The summed E-state index contributed by atoms with van der Waals surface area (Å²) in [5, 5.41) is 0. The van der Waals surface area contributed by atoms with Crippen LogP contribution in [-0.2, 0) is 28.6 Å². The second-order valence-corrected chi connectivity index (χ2v) is 19.8. The van der Waals surface area contributed by atoms with Gasteiger partial charge in [0, 0.05) is 19.3 Å². The molecule has 0 N–H and O–H groups in total. The van der Waals surface area contributed by atoms with Gasteiger partial charge in [0.2, 0.25) is 0 Å². The van der Waals surface area contributed by atoms with E-state index in [0.717, 1.165) is 96.3 Å². The molecule has 0 aliphatic carbocycles. The quantitative estimate of drug-likeness (QED) is 0.0261. The Kier molecular flexibility index (Phi) is 57.4. The molecule has 0 aromatic rings. The largest absolute Gasteiger partial charge is 0.462 e. The average Bonchev–Trinajstić information content (AvgIpc) is 3.39. The second kappa shape index (κ2) is 60.6. The van der Waals surface area contributed by atoms with Crippen LogP contribution in [0.5, 0.6) is 0 Å². The molecule has 0 saturated carbocycles. The van der Waals surface area contributed by atoms with E-state index in [1.54, 1.807) is 0 Å². The summed E-state index contributed by atoms with van der Waals surface area (Å²) < 4.78 is 16.8. The Hall–Kier alpha value is -3.93. The van der Waals surface area contributed by atoms with Gasteiger partial charge in [0.15, 0.2) is 6.10 Å². The van der Waals surface area contributed by atoms with Crippen molar-refractivity contribution in [2.75, 3.05) is 13.2 Å². The van der Waals surface area contributed by atoms with Crippen LogP contribution in [0.1, 0.15) is 278 Å². The zero-order valence-corrected chi connectivity index (χ0v) is 47.6. The minimum Gasteiger partial charge on any atom is -0.462 e. The van der Waals surface area contributed by atoms with Gasteiger partial charge in [-0.25, -0.2) is 0 Å². The van der Waals surface area contributed by atoms with E-state index < -0.39 is 6.10 Å². The predicted octanol–water partition coefficient (Wildman–Crippen LogP) is 20.7. The zero-order valence-electron chi connectivity index (χ0n) is 47.6. The third-order valence-electron chi connectivity index (χ3n) is 12.8. The van der Waals surface area contributed by atoms with E-state index in [4.69, 9.17) is 14.2 Å². The summed E-state index contributed by atoms with van der Waals surface area (Å²) in [4.78, 5) is 38.2. The normalized spacial score (nSPS) is 12.9. The highest BCUT2D eigenvalue weighted by Crippen LogP contribution is 2.16. The number of esters is 3. The number of rotatable bonds is 54. The fourth-order valence-corrected chi connectivity index (χ4v) is 8.27. The van der Waals surface area contributed by atoms with Crippen molar-refractivity contribution in [1.29, 1.82) is 0 Å². The van der Waals surface area contributed by atoms with Gasteiger partial charge in [-0.3, -0.25) is 14.4 Å². The Balaban J connectivity index is 4.35. The van der Waals surface area contributed by atoms with Gasteiger partial charge in [0.05, 0.1) is 0 Å². The molecule has 1 unspecified atom stereocenters. The number of hydrogen-bond donors (Lipinski definition) is 0. The first-order valence-corrected chi connectivity index (χ1v) is 30.4. The van der Waals surface area contributed by atoms with Crippen molar-refractivity contribution >= 4 is 17.9 Å². The summed E-state index contributed by atoms with van der Waals surface area (Å²) in [6, 6.07) is 0. The second-order valence-electron chi connectivity index (χ2n) is 19.8. The molecule has 6 nitrogen and oxygen atoms in total. The van der Waals surface area contributed by atoms with Crippen molar-refractivity contribution in [1.82, 2.24) is 0 Å². The highest BCUT2D eigenvalue weighted by atomic mass is 16.6. The molecular weight excluding hydrogens is 901 g/mol. The first-order valence-electron chi connectivity index (χ1n) is 30.4. The maximum absolute atomic E-state index is 12.9. The number of ether oxygens (including phenoxy) is 3. The summed E-state index contributed by atoms with van der Waals surface area (Å²) in [6.45, 7) is 6.34. The van der Waals surface area contributed by atoms with Gasteiger partial charge in [-0.05, 0) is 109 Å². The molecule has 0 spiro atoms. The molecule has 0 amide bonds. The zero-order chi connectivity index (χ0) is 52.9. The number of allylic oxidation sites excluding steroid dienone is 18. The lowest BCUT2D eigenvalue weighted by molar-refractivity contribution is -0.166. The van der Waals surface area contributed by atoms with Gasteiger partial charge in [-0.15, -0.1) is 0 Å². The molecular formula is C67H112O6. The summed E-state index contributed by atoms with van der Waals surface area (Å²) >= 11 is 0. The van der Waals surface area contributed by atoms with Crippen LogP contribution in [0.25, 0.3) is 0 Å². The minimum atomic E-state index is -0.814. The standard InChI is InChI=1S/C67H112O6/c1-4-7-10-13-16-19-22-25-27-29-30-31-32-33-34-35-36-38-39-42-45-48-51-54-57-60-66(69)72-63-64(62-71-65(68)59-56-53-50-47-44-41-24-21-18-15-12-9-6-3)73-67(70)61-58-55-52-49-46-43-40-37-28-26-23-20-17-14-11-8-5-2/h8-9,11-12,17-18,20-22,25-26,28-30,41,44,50,53,64H,4-7,10,13-16,19,23-24,27,31-40,42-43,45-49,51-52,54-63H2,1-3H3/b11-8-,12-9-,20-17-,21-18-,25-22-,28-26-,30-29-,44-41-,53-50-. The Labute approximate surface area is 450 Å². The lowest BCUT2D eigenvalue weighted by Gasteiger charge is -2.18. The Morgan fingerprint density at radius 2 is 0.562 bits per heavy atom. The molecule has 0 heterocycles. The van der Waals surface area contributed by atoms with Crippen molar-refractivity contribution in [3.63, 3.8) is 0 Å². The van der Waals surface area contributed by atoms with E-state index in [-0.39, 0.29) is 37.5 Å². The molecule has 0 aromatic carbocycles. The number of carbonyl (C=O) groups is 3.